The molecule has 0 saturated carbocycles. The molecule has 25 heavy (non-hydrogen) atoms. The van der Waals surface area contributed by atoms with Crippen molar-refractivity contribution >= 4 is 17.3 Å². The maximum atomic E-state index is 4.68. The monoisotopic (exact) mass is 356 g/mol. The summed E-state index contributed by atoms with van der Waals surface area (Å²) in [7, 11) is 0. The van der Waals surface area contributed by atoms with Crippen LogP contribution in [-0.4, -0.2) is 24.7 Å². The number of nitrogens with one attached hydrogen (secondary N) is 1. The van der Waals surface area contributed by atoms with Crippen LogP contribution in [0.15, 0.2) is 18.5 Å². The molecule has 7 heteroatoms. The van der Waals surface area contributed by atoms with Crippen LogP contribution in [0.2, 0.25) is 0 Å². The molecule has 132 valence electrons. The third-order valence-electron chi connectivity index (χ3n) is 4.03. The second-order valence-electron chi connectivity index (χ2n) is 6.20. The minimum atomic E-state index is 0.0594. The summed E-state index contributed by atoms with van der Waals surface area (Å²) in [6.07, 6.45) is 4.90. The molecule has 1 N–H and O–H groups in total. The highest BCUT2D eigenvalue weighted by atomic mass is 32.1. The molecule has 0 aliphatic heterocycles. The molecule has 0 saturated heterocycles. The summed E-state index contributed by atoms with van der Waals surface area (Å²) in [4.78, 5) is 14.9. The Balaban J connectivity index is 1.83. The van der Waals surface area contributed by atoms with Gasteiger partial charge in [0.2, 0.25) is 5.95 Å². The molecule has 0 aromatic carbocycles. The molecule has 0 amide bonds. The van der Waals surface area contributed by atoms with Crippen molar-refractivity contribution in [3.63, 3.8) is 0 Å². The minimum Gasteiger partial charge on any atom is -0.346 e. The molecule has 0 aliphatic carbocycles. The van der Waals surface area contributed by atoms with Crippen LogP contribution >= 0.6 is 11.3 Å². The molecule has 3 rings (SSSR count). The van der Waals surface area contributed by atoms with Gasteiger partial charge in [0.25, 0.3) is 0 Å². The van der Waals surface area contributed by atoms with E-state index in [4.69, 9.17) is 0 Å². The Kier molecular flexibility index (Phi) is 5.13. The Morgan fingerprint density at radius 3 is 2.72 bits per heavy atom. The third-order valence-corrected chi connectivity index (χ3v) is 4.93. The van der Waals surface area contributed by atoms with Gasteiger partial charge in [0, 0.05) is 29.4 Å². The largest absolute Gasteiger partial charge is 0.346 e. The highest BCUT2D eigenvalue weighted by Gasteiger charge is 2.15. The average Bonchev–Trinajstić information content (AvgIpc) is 3.10. The first-order valence-electron chi connectivity index (χ1n) is 8.56. The zero-order valence-corrected chi connectivity index (χ0v) is 16.2. The smallest absolute Gasteiger partial charge is 0.223 e. The summed E-state index contributed by atoms with van der Waals surface area (Å²) in [5, 5.41) is 9.00. The fourth-order valence-corrected chi connectivity index (χ4v) is 3.81. The van der Waals surface area contributed by atoms with Crippen LogP contribution < -0.4 is 5.32 Å². The molecule has 0 aliphatic rings. The summed E-state index contributed by atoms with van der Waals surface area (Å²) >= 11 is 1.71. The van der Waals surface area contributed by atoms with Crippen molar-refractivity contribution in [2.24, 2.45) is 0 Å². The van der Waals surface area contributed by atoms with Crippen molar-refractivity contribution in [3.8, 4) is 11.3 Å². The van der Waals surface area contributed by atoms with Crippen molar-refractivity contribution in [1.29, 1.82) is 0 Å². The van der Waals surface area contributed by atoms with E-state index in [0.29, 0.717) is 5.95 Å². The Hall–Kier alpha value is -2.28. The number of hydrogen-bond acceptors (Lipinski definition) is 6. The van der Waals surface area contributed by atoms with Gasteiger partial charge in [-0.2, -0.15) is 5.10 Å². The lowest BCUT2D eigenvalue weighted by Gasteiger charge is -2.13. The van der Waals surface area contributed by atoms with Crippen LogP contribution in [0.1, 0.15) is 47.6 Å². The molecule has 6 nitrogen and oxygen atoms in total. The molecule has 3 aromatic rings. The first kappa shape index (κ1) is 17.5. The number of anilines is 1. The quantitative estimate of drug-likeness (QED) is 0.713. The van der Waals surface area contributed by atoms with Crippen LogP contribution in [0.3, 0.4) is 0 Å². The maximum Gasteiger partial charge on any atom is 0.223 e. The number of hydrogen-bond donors (Lipinski definition) is 1. The predicted octanol–water partition coefficient (Wildman–Crippen LogP) is 4.30. The predicted molar refractivity (Wildman–Crippen MR) is 102 cm³/mol. The van der Waals surface area contributed by atoms with Gasteiger partial charge < -0.3 is 5.32 Å². The van der Waals surface area contributed by atoms with E-state index in [-0.39, 0.29) is 6.04 Å². The van der Waals surface area contributed by atoms with E-state index >= 15 is 0 Å². The lowest BCUT2D eigenvalue weighted by atomic mass is 10.2. The fraction of sp³-hybridized carbons (Fsp3) is 0.444. The Labute approximate surface area is 152 Å². The van der Waals surface area contributed by atoms with E-state index < -0.39 is 0 Å². The molecular weight excluding hydrogens is 332 g/mol. The van der Waals surface area contributed by atoms with Gasteiger partial charge in [0.15, 0.2) is 0 Å². The lowest BCUT2D eigenvalue weighted by Crippen LogP contribution is -2.11. The number of rotatable bonds is 6. The molecule has 0 spiro atoms. The summed E-state index contributed by atoms with van der Waals surface area (Å²) in [6, 6.07) is 1.98. The lowest BCUT2D eigenvalue weighted by molar-refractivity contribution is 0.598. The van der Waals surface area contributed by atoms with Crippen molar-refractivity contribution in [2.75, 3.05) is 5.32 Å². The second kappa shape index (κ2) is 7.31. The van der Waals surface area contributed by atoms with Crippen molar-refractivity contribution < 1.29 is 0 Å². The van der Waals surface area contributed by atoms with E-state index in [2.05, 4.69) is 52.3 Å². The van der Waals surface area contributed by atoms with Gasteiger partial charge in [-0.15, -0.1) is 11.3 Å². The Morgan fingerprint density at radius 2 is 2.04 bits per heavy atom. The van der Waals surface area contributed by atoms with Crippen LogP contribution in [0.25, 0.3) is 11.3 Å². The number of aromatic nitrogens is 5. The highest BCUT2D eigenvalue weighted by molar-refractivity contribution is 7.11. The highest BCUT2D eigenvalue weighted by Crippen LogP contribution is 2.26. The number of thiazole rings is 1. The van der Waals surface area contributed by atoms with E-state index in [0.717, 1.165) is 40.6 Å². The molecule has 1 unspecified atom stereocenters. The molecule has 0 fully saturated rings. The van der Waals surface area contributed by atoms with Gasteiger partial charge in [-0.3, -0.25) is 4.68 Å². The zero-order chi connectivity index (χ0) is 18.0. The van der Waals surface area contributed by atoms with Crippen molar-refractivity contribution in [3.05, 3.63) is 39.7 Å². The molecule has 3 aromatic heterocycles. The zero-order valence-electron chi connectivity index (χ0n) is 15.4. The maximum absolute atomic E-state index is 4.68. The molecule has 3 heterocycles. The van der Waals surface area contributed by atoms with Crippen molar-refractivity contribution in [2.45, 2.75) is 53.6 Å². The van der Waals surface area contributed by atoms with E-state index in [1.165, 1.54) is 4.88 Å². The topological polar surface area (TPSA) is 68.5 Å². The van der Waals surface area contributed by atoms with Crippen LogP contribution in [-0.2, 0) is 6.54 Å². The van der Waals surface area contributed by atoms with Gasteiger partial charge >= 0.3 is 0 Å². The molecule has 0 bridgehead atoms. The van der Waals surface area contributed by atoms with E-state index in [9.17, 15) is 0 Å². The normalized spacial score (nSPS) is 12.4. The van der Waals surface area contributed by atoms with Gasteiger partial charge in [0.1, 0.15) is 0 Å². The van der Waals surface area contributed by atoms with Crippen molar-refractivity contribution in [1.82, 2.24) is 24.7 Å². The van der Waals surface area contributed by atoms with Gasteiger partial charge in [-0.05, 0) is 40.2 Å². The molecule has 0 radical (unpaired) electrons. The second-order valence-corrected chi connectivity index (χ2v) is 7.60. The number of aryl methyl sites for hydroxylation is 4. The van der Waals surface area contributed by atoms with E-state index in [1.807, 2.05) is 24.6 Å². The first-order valence-corrected chi connectivity index (χ1v) is 9.37. The standard InChI is InChI=1S/C18H24N6S/c1-6-9-24-10-15(11(2)23-24)16-7-8-19-18(22-16)20-12(3)17-13(4)25-14(5)21-17/h7-8,10,12H,6,9H2,1-5H3,(H,19,20,22). The van der Waals surface area contributed by atoms with Gasteiger partial charge in [0.05, 0.1) is 28.1 Å². The molecule has 1 atom stereocenters. The third kappa shape index (κ3) is 3.87. The minimum absolute atomic E-state index is 0.0594. The summed E-state index contributed by atoms with van der Waals surface area (Å²) in [5.41, 5.74) is 3.98. The SMILES string of the molecule is CCCn1cc(-c2ccnc(NC(C)c3nc(C)sc3C)n2)c(C)n1. The first-order chi connectivity index (χ1) is 12.0. The average molecular weight is 356 g/mol. The van der Waals surface area contributed by atoms with Gasteiger partial charge in [-0.25, -0.2) is 15.0 Å². The van der Waals surface area contributed by atoms with E-state index in [1.54, 1.807) is 17.5 Å². The Morgan fingerprint density at radius 1 is 1.24 bits per heavy atom. The number of nitrogens with zero attached hydrogens (tertiary/aromatic N) is 5. The summed E-state index contributed by atoms with van der Waals surface area (Å²) < 4.78 is 1.98. The Bertz CT molecular complexity index is 866. The fourth-order valence-electron chi connectivity index (χ4n) is 2.90. The molecular formula is C18H24N6S. The van der Waals surface area contributed by atoms with Crippen LogP contribution in [0.4, 0.5) is 5.95 Å². The summed E-state index contributed by atoms with van der Waals surface area (Å²) in [6.45, 7) is 11.3. The van der Waals surface area contributed by atoms with Gasteiger partial charge in [-0.1, -0.05) is 6.92 Å². The summed E-state index contributed by atoms with van der Waals surface area (Å²) in [5.74, 6) is 0.609. The van der Waals surface area contributed by atoms with Crippen LogP contribution in [0, 0.1) is 20.8 Å². The van der Waals surface area contributed by atoms with Crippen LogP contribution in [0.5, 0.6) is 0 Å².